The van der Waals surface area contributed by atoms with Crippen molar-refractivity contribution >= 4 is 27.0 Å². The average Bonchev–Trinajstić information content (AvgIpc) is 2.46. The fourth-order valence-corrected chi connectivity index (χ4v) is 2.70. The van der Waals surface area contributed by atoms with Crippen LogP contribution in [-0.2, 0) is 9.84 Å². The molecule has 0 aliphatic carbocycles. The van der Waals surface area contributed by atoms with Crippen molar-refractivity contribution in [2.45, 2.75) is 32.6 Å². The molecule has 1 aromatic carbocycles. The SMILES string of the molecule is CCS(=O)(=O)c1ccc2oc(=O)c(C=C(O)C(C)(C)C)nc2c1. The molecule has 124 valence electrons. The van der Waals surface area contributed by atoms with Gasteiger partial charge in [0.15, 0.2) is 21.1 Å². The first-order chi connectivity index (χ1) is 10.5. The van der Waals surface area contributed by atoms with E-state index in [1.807, 2.05) is 0 Å². The van der Waals surface area contributed by atoms with Gasteiger partial charge in [0.2, 0.25) is 0 Å². The second-order valence-electron chi connectivity index (χ2n) is 6.20. The molecule has 0 fully saturated rings. The Morgan fingerprint density at radius 2 is 2.00 bits per heavy atom. The van der Waals surface area contributed by atoms with E-state index >= 15 is 0 Å². The Balaban J connectivity index is 2.66. The molecule has 23 heavy (non-hydrogen) atoms. The first-order valence-electron chi connectivity index (χ1n) is 7.13. The number of allylic oxidation sites excluding steroid dienone is 1. The zero-order valence-electron chi connectivity index (χ0n) is 13.5. The highest BCUT2D eigenvalue weighted by atomic mass is 32.2. The lowest BCUT2D eigenvalue weighted by Gasteiger charge is -2.16. The van der Waals surface area contributed by atoms with Crippen molar-refractivity contribution in [1.82, 2.24) is 4.98 Å². The van der Waals surface area contributed by atoms with E-state index in [-0.39, 0.29) is 33.2 Å². The number of aliphatic hydroxyl groups is 1. The highest BCUT2D eigenvalue weighted by molar-refractivity contribution is 7.91. The van der Waals surface area contributed by atoms with Gasteiger partial charge in [-0.3, -0.25) is 0 Å². The highest BCUT2D eigenvalue weighted by Crippen LogP contribution is 2.24. The van der Waals surface area contributed by atoms with E-state index in [0.29, 0.717) is 0 Å². The van der Waals surface area contributed by atoms with Crippen LogP contribution in [0, 0.1) is 5.41 Å². The van der Waals surface area contributed by atoms with Crippen molar-refractivity contribution in [3.63, 3.8) is 0 Å². The quantitative estimate of drug-likeness (QED) is 0.865. The number of nitrogens with zero attached hydrogens (tertiary/aromatic N) is 1. The molecule has 0 aliphatic rings. The molecule has 0 amide bonds. The largest absolute Gasteiger partial charge is 0.512 e. The summed E-state index contributed by atoms with van der Waals surface area (Å²) in [5.74, 6) is -0.0543. The molecule has 0 bridgehead atoms. The Hall–Kier alpha value is -2.15. The molecule has 0 radical (unpaired) electrons. The van der Waals surface area contributed by atoms with Gasteiger partial charge in [0.1, 0.15) is 5.52 Å². The summed E-state index contributed by atoms with van der Waals surface area (Å²) >= 11 is 0. The molecule has 2 aromatic rings. The minimum Gasteiger partial charge on any atom is -0.512 e. The fraction of sp³-hybridized carbons (Fsp3) is 0.375. The van der Waals surface area contributed by atoms with Crippen LogP contribution in [0.25, 0.3) is 17.2 Å². The van der Waals surface area contributed by atoms with E-state index in [2.05, 4.69) is 4.98 Å². The molecule has 0 atom stereocenters. The molecule has 6 nitrogen and oxygen atoms in total. The summed E-state index contributed by atoms with van der Waals surface area (Å²) in [5, 5.41) is 10.0. The lowest BCUT2D eigenvalue weighted by Crippen LogP contribution is -2.12. The number of hydrogen-bond donors (Lipinski definition) is 1. The fourth-order valence-electron chi connectivity index (χ4n) is 1.80. The maximum Gasteiger partial charge on any atom is 0.362 e. The maximum absolute atomic E-state index is 11.9. The van der Waals surface area contributed by atoms with E-state index in [1.54, 1.807) is 27.7 Å². The smallest absolute Gasteiger partial charge is 0.362 e. The molecule has 1 heterocycles. The van der Waals surface area contributed by atoms with Crippen LogP contribution in [0.15, 0.2) is 38.1 Å². The molecule has 1 N–H and O–H groups in total. The number of rotatable bonds is 3. The van der Waals surface area contributed by atoms with Crippen molar-refractivity contribution in [3.8, 4) is 0 Å². The van der Waals surface area contributed by atoms with Gasteiger partial charge in [-0.25, -0.2) is 18.2 Å². The number of aromatic nitrogens is 1. The summed E-state index contributed by atoms with van der Waals surface area (Å²) in [7, 11) is -3.38. The van der Waals surface area contributed by atoms with Gasteiger partial charge in [0.25, 0.3) is 0 Å². The van der Waals surface area contributed by atoms with Crippen LogP contribution in [0.4, 0.5) is 0 Å². The molecule has 0 spiro atoms. The molecular weight excluding hydrogens is 318 g/mol. The number of sulfone groups is 1. The van der Waals surface area contributed by atoms with E-state index < -0.39 is 20.9 Å². The van der Waals surface area contributed by atoms with Gasteiger partial charge >= 0.3 is 5.63 Å². The second-order valence-corrected chi connectivity index (χ2v) is 8.48. The normalized spacial score (nSPS) is 13.5. The zero-order valence-corrected chi connectivity index (χ0v) is 14.3. The van der Waals surface area contributed by atoms with Crippen LogP contribution >= 0.6 is 0 Å². The first kappa shape index (κ1) is 17.2. The topological polar surface area (TPSA) is 97.5 Å². The molecule has 7 heteroatoms. The van der Waals surface area contributed by atoms with Crippen LogP contribution < -0.4 is 5.63 Å². The predicted molar refractivity (Wildman–Crippen MR) is 88.1 cm³/mol. The van der Waals surface area contributed by atoms with Crippen molar-refractivity contribution in [2.24, 2.45) is 5.41 Å². The van der Waals surface area contributed by atoms with E-state index in [1.165, 1.54) is 24.3 Å². The lowest BCUT2D eigenvalue weighted by molar-refractivity contribution is 0.282. The third-order valence-electron chi connectivity index (χ3n) is 3.36. The van der Waals surface area contributed by atoms with Crippen LogP contribution in [0.5, 0.6) is 0 Å². The van der Waals surface area contributed by atoms with Crippen LogP contribution in [0.3, 0.4) is 0 Å². The highest BCUT2D eigenvalue weighted by Gasteiger charge is 2.18. The molecule has 0 aliphatic heterocycles. The monoisotopic (exact) mass is 337 g/mol. The van der Waals surface area contributed by atoms with Crippen molar-refractivity contribution < 1.29 is 17.9 Å². The third-order valence-corrected chi connectivity index (χ3v) is 5.10. The second kappa shape index (κ2) is 5.81. The molecule has 2 rings (SSSR count). The Labute approximate surface area is 134 Å². The van der Waals surface area contributed by atoms with E-state index in [9.17, 15) is 18.3 Å². The molecule has 0 saturated carbocycles. The minimum absolute atomic E-state index is 0.0195. The Bertz CT molecular complexity index is 933. The van der Waals surface area contributed by atoms with Gasteiger partial charge in [-0.1, -0.05) is 27.7 Å². The summed E-state index contributed by atoms with van der Waals surface area (Å²) in [6.07, 6.45) is 1.24. The van der Waals surface area contributed by atoms with Gasteiger partial charge in [-0.2, -0.15) is 0 Å². The van der Waals surface area contributed by atoms with E-state index in [4.69, 9.17) is 4.42 Å². The summed E-state index contributed by atoms with van der Waals surface area (Å²) < 4.78 is 29.0. The number of benzene rings is 1. The predicted octanol–water partition coefficient (Wildman–Crippen LogP) is 2.93. The number of aliphatic hydroxyl groups excluding tert-OH is 1. The van der Waals surface area contributed by atoms with Crippen molar-refractivity contribution in [1.29, 1.82) is 0 Å². The molecular formula is C16H19NO5S. The minimum atomic E-state index is -3.38. The number of fused-ring (bicyclic) bond motifs is 1. The van der Waals surface area contributed by atoms with Crippen LogP contribution in [0.2, 0.25) is 0 Å². The maximum atomic E-state index is 11.9. The number of hydrogen-bond acceptors (Lipinski definition) is 6. The van der Waals surface area contributed by atoms with Gasteiger partial charge in [-0.05, 0) is 18.2 Å². The van der Waals surface area contributed by atoms with E-state index in [0.717, 1.165) is 0 Å². The summed E-state index contributed by atoms with van der Waals surface area (Å²) in [6.45, 7) is 6.90. The summed E-state index contributed by atoms with van der Waals surface area (Å²) in [5.41, 5.74) is -0.879. The zero-order chi connectivity index (χ0) is 17.4. The van der Waals surface area contributed by atoms with Crippen LogP contribution in [-0.4, -0.2) is 24.3 Å². The van der Waals surface area contributed by atoms with Gasteiger partial charge in [0, 0.05) is 11.5 Å². The standard InChI is InChI=1S/C16H19NO5S/c1-5-23(20,21)10-6-7-13-11(8-10)17-12(15(19)22-13)9-14(18)16(2,3)4/h6-9,18H,5H2,1-4H3. The molecule has 0 saturated heterocycles. The summed E-state index contributed by atoms with van der Waals surface area (Å²) in [6, 6.07) is 4.15. The Kier molecular flexibility index (Phi) is 4.34. The molecule has 0 unspecified atom stereocenters. The van der Waals surface area contributed by atoms with Gasteiger partial charge in [-0.15, -0.1) is 0 Å². The average molecular weight is 337 g/mol. The molecule has 1 aromatic heterocycles. The van der Waals surface area contributed by atoms with Crippen LogP contribution in [0.1, 0.15) is 33.4 Å². The Morgan fingerprint density at radius 3 is 2.57 bits per heavy atom. The lowest BCUT2D eigenvalue weighted by atomic mass is 9.93. The summed E-state index contributed by atoms with van der Waals surface area (Å²) in [4.78, 5) is 16.2. The van der Waals surface area contributed by atoms with Gasteiger partial charge < -0.3 is 9.52 Å². The first-order valence-corrected chi connectivity index (χ1v) is 8.78. The Morgan fingerprint density at radius 1 is 1.35 bits per heavy atom. The third kappa shape index (κ3) is 3.61. The van der Waals surface area contributed by atoms with Gasteiger partial charge in [0.05, 0.1) is 16.4 Å². The van der Waals surface area contributed by atoms with Crippen molar-refractivity contribution in [3.05, 3.63) is 40.1 Å². The van der Waals surface area contributed by atoms with Crippen molar-refractivity contribution in [2.75, 3.05) is 5.75 Å².